The van der Waals surface area contributed by atoms with Gasteiger partial charge < -0.3 is 15.3 Å². The Morgan fingerprint density at radius 3 is 2.70 bits per heavy atom. The lowest BCUT2D eigenvalue weighted by Gasteiger charge is -2.35. The predicted octanol–water partition coefficient (Wildman–Crippen LogP) is 5.31. The monoisotopic (exact) mass is 578 g/mol. The van der Waals surface area contributed by atoms with Gasteiger partial charge in [0.1, 0.15) is 5.75 Å². The van der Waals surface area contributed by atoms with Gasteiger partial charge in [0.15, 0.2) is 0 Å². The topological polar surface area (TPSA) is 111 Å². The van der Waals surface area contributed by atoms with E-state index in [1.54, 1.807) is 18.3 Å². The number of nitrogens with zero attached hydrogens (tertiary/aromatic N) is 2. The van der Waals surface area contributed by atoms with Crippen LogP contribution in [0.15, 0.2) is 71.3 Å². The van der Waals surface area contributed by atoms with Crippen LogP contribution in [0, 0.1) is 17.8 Å². The molecular weight excluding hydrogens is 548 g/mol. The summed E-state index contributed by atoms with van der Waals surface area (Å²) in [7, 11) is 0. The Kier molecular flexibility index (Phi) is 8.51. The molecule has 40 heavy (non-hydrogen) atoms. The van der Waals surface area contributed by atoms with E-state index in [9.17, 15) is 24.9 Å². The molecule has 1 aliphatic heterocycles. The summed E-state index contributed by atoms with van der Waals surface area (Å²) >= 11 is 7.86. The third-order valence-electron chi connectivity index (χ3n) is 7.86. The zero-order valence-electron chi connectivity index (χ0n) is 22.0. The Morgan fingerprint density at radius 2 is 2.02 bits per heavy atom. The van der Waals surface area contributed by atoms with Crippen molar-refractivity contribution in [2.24, 2.45) is 17.8 Å². The molecule has 9 heteroatoms. The zero-order valence-corrected chi connectivity index (χ0v) is 23.6. The molecule has 0 radical (unpaired) electrons. The summed E-state index contributed by atoms with van der Waals surface area (Å²) in [5, 5.41) is 33.9. The van der Waals surface area contributed by atoms with Crippen molar-refractivity contribution >= 4 is 46.4 Å². The van der Waals surface area contributed by atoms with Crippen LogP contribution < -0.4 is 0 Å². The summed E-state index contributed by atoms with van der Waals surface area (Å²) < 4.78 is 0. The molecule has 208 valence electrons. The third kappa shape index (κ3) is 5.63. The van der Waals surface area contributed by atoms with Crippen LogP contribution in [0.2, 0.25) is 5.02 Å². The maximum absolute atomic E-state index is 13.5. The fourth-order valence-electron chi connectivity index (χ4n) is 5.99. The number of phenols is 1. The number of rotatable bonds is 9. The number of carbonyl (C=O) groups is 2. The van der Waals surface area contributed by atoms with Crippen LogP contribution in [0.25, 0.3) is 11.6 Å². The molecule has 0 spiro atoms. The first-order valence-electron chi connectivity index (χ1n) is 13.2. The molecule has 5 rings (SSSR count). The van der Waals surface area contributed by atoms with Crippen LogP contribution in [0.1, 0.15) is 42.3 Å². The molecule has 0 bridgehead atoms. The van der Waals surface area contributed by atoms with Crippen molar-refractivity contribution in [2.45, 2.75) is 38.8 Å². The number of amides is 2. The van der Waals surface area contributed by atoms with E-state index in [-0.39, 0.29) is 30.7 Å². The molecule has 2 aromatic heterocycles. The van der Waals surface area contributed by atoms with E-state index in [0.717, 1.165) is 21.7 Å². The average Bonchev–Trinajstić information content (AvgIpc) is 3.54. The number of aromatic hydroxyl groups is 1. The normalized spacial score (nSPS) is 22.1. The molecule has 7 nitrogen and oxygen atoms in total. The lowest BCUT2D eigenvalue weighted by Crippen LogP contribution is -2.38. The molecule has 0 saturated carbocycles. The molecule has 2 aliphatic rings. The molecule has 0 unspecified atom stereocenters. The minimum Gasteiger partial charge on any atom is -0.508 e. The van der Waals surface area contributed by atoms with Gasteiger partial charge in [-0.2, -0.15) is 0 Å². The fraction of sp³-hybridized carbons (Fsp3) is 0.323. The van der Waals surface area contributed by atoms with Crippen molar-refractivity contribution in [3.05, 3.63) is 92.4 Å². The molecule has 1 saturated heterocycles. The highest BCUT2D eigenvalue weighted by atomic mass is 35.5. The average molecular weight is 579 g/mol. The molecule has 3 N–H and O–H groups in total. The molecule has 2 amide bonds. The van der Waals surface area contributed by atoms with Gasteiger partial charge >= 0.3 is 0 Å². The summed E-state index contributed by atoms with van der Waals surface area (Å²) in [5.41, 5.74) is 3.77. The number of carbonyl (C=O) groups excluding carboxylic acids is 2. The highest BCUT2D eigenvalue weighted by Crippen LogP contribution is 2.46. The van der Waals surface area contributed by atoms with Crippen molar-refractivity contribution in [1.82, 2.24) is 9.88 Å². The molecular formula is C31H31ClN2O5S. The second-order valence-corrected chi connectivity index (χ2v) is 11.8. The van der Waals surface area contributed by atoms with E-state index in [0.29, 0.717) is 35.4 Å². The number of hydrogen-bond acceptors (Lipinski definition) is 7. The Hall–Kier alpha value is -3.30. The Morgan fingerprint density at radius 1 is 1.20 bits per heavy atom. The summed E-state index contributed by atoms with van der Waals surface area (Å²) in [6.07, 6.45) is 3.80. The van der Waals surface area contributed by atoms with Crippen LogP contribution in [-0.4, -0.2) is 49.7 Å². The number of fused-ring (bicyclic) bond motifs is 1. The Balaban J connectivity index is 1.38. The zero-order chi connectivity index (χ0) is 28.4. The van der Waals surface area contributed by atoms with Gasteiger partial charge in [-0.25, -0.2) is 0 Å². The number of pyridine rings is 1. The first-order valence-corrected chi connectivity index (χ1v) is 14.5. The number of phenolic OH excluding ortho intramolecular Hbond substituents is 1. The molecule has 1 aliphatic carbocycles. The molecule has 3 aromatic rings. The minimum atomic E-state index is -0.922. The second-order valence-electron chi connectivity index (χ2n) is 10.3. The van der Waals surface area contributed by atoms with Crippen LogP contribution in [0.4, 0.5) is 0 Å². The molecule has 1 fully saturated rings. The highest BCUT2D eigenvalue weighted by molar-refractivity contribution is 7.09. The van der Waals surface area contributed by atoms with Gasteiger partial charge in [-0.1, -0.05) is 29.3 Å². The number of aromatic nitrogens is 1. The Labute approximate surface area is 242 Å². The van der Waals surface area contributed by atoms with E-state index >= 15 is 0 Å². The van der Waals surface area contributed by atoms with E-state index in [4.69, 9.17) is 11.6 Å². The minimum absolute atomic E-state index is 0.0684. The van der Waals surface area contributed by atoms with E-state index in [1.165, 1.54) is 22.3 Å². The molecule has 1 aromatic carbocycles. The SMILES string of the molecule is CC1=C([C@H](O)CC/C(=C/c2ccc(O)cc2Cl)c2ccccn2)[C@H](CO)[C@@H]2C(=O)N(Cc3cccs3)C(=O)[C@@H]2C1. The summed E-state index contributed by atoms with van der Waals surface area (Å²) in [6.45, 7) is 1.78. The summed E-state index contributed by atoms with van der Waals surface area (Å²) in [4.78, 5) is 33.5. The maximum atomic E-state index is 13.5. The van der Waals surface area contributed by atoms with Crippen molar-refractivity contribution in [3.8, 4) is 5.75 Å². The maximum Gasteiger partial charge on any atom is 0.234 e. The number of imide groups is 1. The first-order chi connectivity index (χ1) is 19.3. The van der Waals surface area contributed by atoms with E-state index in [1.807, 2.05) is 48.7 Å². The van der Waals surface area contributed by atoms with Crippen LogP contribution >= 0.6 is 22.9 Å². The smallest absolute Gasteiger partial charge is 0.234 e. The lowest BCUT2D eigenvalue weighted by molar-refractivity contribution is -0.140. The van der Waals surface area contributed by atoms with Crippen molar-refractivity contribution < 1.29 is 24.9 Å². The summed E-state index contributed by atoms with van der Waals surface area (Å²) in [6, 6.07) is 14.1. The van der Waals surface area contributed by atoms with Crippen LogP contribution in [0.5, 0.6) is 5.75 Å². The van der Waals surface area contributed by atoms with Crippen molar-refractivity contribution in [3.63, 3.8) is 0 Å². The van der Waals surface area contributed by atoms with E-state index in [2.05, 4.69) is 4.98 Å². The number of aliphatic hydroxyl groups is 2. The first kappa shape index (κ1) is 28.2. The van der Waals surface area contributed by atoms with Gasteiger partial charge in [0.2, 0.25) is 11.8 Å². The van der Waals surface area contributed by atoms with Crippen molar-refractivity contribution in [1.29, 1.82) is 0 Å². The van der Waals surface area contributed by atoms with Gasteiger partial charge in [-0.15, -0.1) is 11.3 Å². The number of benzene rings is 1. The number of aliphatic hydroxyl groups excluding tert-OH is 2. The van der Waals surface area contributed by atoms with Gasteiger partial charge in [-0.3, -0.25) is 19.5 Å². The second kappa shape index (κ2) is 12.1. The summed E-state index contributed by atoms with van der Waals surface area (Å²) in [5.74, 6) is -2.27. The highest BCUT2D eigenvalue weighted by Gasteiger charge is 2.54. The Bertz CT molecular complexity index is 1450. The molecule has 4 atom stereocenters. The standard InChI is InChI=1S/C31H31ClN2O5S/c1-18-13-23-29(31(39)34(30(23)38)16-22-5-4-12-40-22)24(17-35)28(18)27(37)10-8-20(26-6-2-3-11-33-26)14-19-7-9-21(36)15-25(19)32/h2-7,9,11-12,14-15,23-24,27,29,35-37H,8,10,13,16-17H2,1H3/b20-14-/t23-,24+,27-,29-/m1/s1. The molecule has 3 heterocycles. The van der Waals surface area contributed by atoms with Crippen LogP contribution in [0.3, 0.4) is 0 Å². The van der Waals surface area contributed by atoms with Gasteiger partial charge in [0.05, 0.1) is 41.8 Å². The van der Waals surface area contributed by atoms with Gasteiger partial charge in [0.25, 0.3) is 0 Å². The quantitative estimate of drug-likeness (QED) is 0.234. The number of thiophene rings is 1. The van der Waals surface area contributed by atoms with Crippen molar-refractivity contribution in [2.75, 3.05) is 6.61 Å². The lowest BCUT2D eigenvalue weighted by atomic mass is 9.68. The number of allylic oxidation sites excluding steroid dienone is 2. The largest absolute Gasteiger partial charge is 0.508 e. The number of hydrogen-bond donors (Lipinski definition) is 3. The van der Waals surface area contributed by atoms with E-state index < -0.39 is 23.9 Å². The van der Waals surface area contributed by atoms with Gasteiger partial charge in [0, 0.05) is 17.0 Å². The van der Waals surface area contributed by atoms with Gasteiger partial charge in [-0.05, 0) is 90.8 Å². The predicted molar refractivity (Wildman–Crippen MR) is 155 cm³/mol. The van der Waals surface area contributed by atoms with Crippen LogP contribution in [-0.2, 0) is 16.1 Å². The fourth-order valence-corrected chi connectivity index (χ4v) is 6.91. The number of halogens is 1. The number of likely N-dealkylation sites (tertiary alicyclic amines) is 1. The third-order valence-corrected chi connectivity index (χ3v) is 9.05.